The predicted octanol–water partition coefficient (Wildman–Crippen LogP) is 1.25. The van der Waals surface area contributed by atoms with E-state index in [-0.39, 0.29) is 17.4 Å². The molecule has 1 aliphatic carbocycles. The Labute approximate surface area is 170 Å². The summed E-state index contributed by atoms with van der Waals surface area (Å²) in [5.41, 5.74) is 1.39. The number of likely N-dealkylation sites (N-methyl/N-ethyl adjacent to an activating group) is 2. The Morgan fingerprint density at radius 3 is 2.55 bits per heavy atom. The number of aliphatic hydroxyl groups is 1. The molecule has 2 aromatic rings. The maximum atomic E-state index is 12.6. The third kappa shape index (κ3) is 5.74. The molecule has 0 radical (unpaired) electrons. The minimum atomic E-state index is -0.636. The second kappa shape index (κ2) is 9.47. The largest absolute Gasteiger partial charge is 0.387 e. The van der Waals surface area contributed by atoms with Gasteiger partial charge < -0.3 is 15.3 Å². The molecule has 1 aromatic heterocycles. The highest BCUT2D eigenvalue weighted by Crippen LogP contribution is 2.27. The Bertz CT molecular complexity index is 855. The van der Waals surface area contributed by atoms with Gasteiger partial charge in [0.05, 0.1) is 0 Å². The van der Waals surface area contributed by atoms with Gasteiger partial charge in [0.1, 0.15) is 18.1 Å². The molecule has 1 aromatic carbocycles. The fourth-order valence-electron chi connectivity index (χ4n) is 2.81. The molecule has 0 aliphatic heterocycles. The number of nitrogens with zero attached hydrogens (tertiary/aromatic N) is 4. The number of anilines is 2. The fraction of sp³-hybridized carbons (Fsp3) is 0.429. The van der Waals surface area contributed by atoms with Crippen molar-refractivity contribution >= 4 is 23.6 Å². The zero-order valence-electron chi connectivity index (χ0n) is 16.8. The smallest absolute Gasteiger partial charge is 0.270 e. The average Bonchev–Trinajstić information content (AvgIpc) is 3.59. The lowest BCUT2D eigenvalue weighted by Crippen LogP contribution is -2.33. The summed E-state index contributed by atoms with van der Waals surface area (Å²) in [5.74, 6) is 0.380. The highest BCUT2D eigenvalue weighted by atomic mass is 16.3. The van der Waals surface area contributed by atoms with Crippen LogP contribution in [-0.2, 0) is 11.2 Å². The van der Waals surface area contributed by atoms with Crippen molar-refractivity contribution in [2.75, 3.05) is 43.6 Å². The standard InChI is InChI=1S/C21H27N5O3/c1-25(11-10-15-6-4-3-5-7-15)21-23-17(20(29)22-13-16-8-9-16)12-18(24-21)26(2)19(28)14-27/h3-7,12,16,27H,8-11,13-14H2,1-2H3,(H,22,29). The summed E-state index contributed by atoms with van der Waals surface area (Å²) < 4.78 is 0. The predicted molar refractivity (Wildman–Crippen MR) is 111 cm³/mol. The Hall–Kier alpha value is -3.00. The fourth-order valence-corrected chi connectivity index (χ4v) is 2.81. The molecular weight excluding hydrogens is 370 g/mol. The minimum Gasteiger partial charge on any atom is -0.387 e. The van der Waals surface area contributed by atoms with Crippen molar-refractivity contribution in [2.45, 2.75) is 19.3 Å². The Morgan fingerprint density at radius 2 is 1.90 bits per heavy atom. The molecule has 2 amide bonds. The summed E-state index contributed by atoms with van der Waals surface area (Å²) in [6.07, 6.45) is 3.06. The van der Waals surface area contributed by atoms with Crippen LogP contribution < -0.4 is 15.1 Å². The summed E-state index contributed by atoms with van der Waals surface area (Å²) in [7, 11) is 3.36. The van der Waals surface area contributed by atoms with Gasteiger partial charge in [0.2, 0.25) is 5.95 Å². The van der Waals surface area contributed by atoms with Crippen molar-refractivity contribution in [1.82, 2.24) is 15.3 Å². The molecule has 8 heteroatoms. The average molecular weight is 397 g/mol. The van der Waals surface area contributed by atoms with Crippen LogP contribution in [0, 0.1) is 5.92 Å². The van der Waals surface area contributed by atoms with E-state index in [4.69, 9.17) is 5.11 Å². The molecule has 1 heterocycles. The molecule has 1 fully saturated rings. The lowest BCUT2D eigenvalue weighted by atomic mass is 10.1. The van der Waals surface area contributed by atoms with E-state index in [0.29, 0.717) is 25.0 Å². The van der Waals surface area contributed by atoms with Gasteiger partial charge >= 0.3 is 0 Å². The third-order valence-electron chi connectivity index (χ3n) is 4.95. The molecule has 0 atom stereocenters. The number of aliphatic hydroxyl groups excluding tert-OH is 1. The quantitative estimate of drug-likeness (QED) is 0.661. The number of rotatable bonds is 9. The monoisotopic (exact) mass is 397 g/mol. The van der Waals surface area contributed by atoms with Crippen LogP contribution in [-0.4, -0.2) is 60.7 Å². The van der Waals surface area contributed by atoms with Gasteiger partial charge in [0, 0.05) is 33.3 Å². The topological polar surface area (TPSA) is 98.7 Å². The van der Waals surface area contributed by atoms with E-state index in [0.717, 1.165) is 19.3 Å². The zero-order chi connectivity index (χ0) is 20.8. The molecular formula is C21H27N5O3. The van der Waals surface area contributed by atoms with Crippen LogP contribution in [0.15, 0.2) is 36.4 Å². The van der Waals surface area contributed by atoms with Gasteiger partial charge in [-0.05, 0) is 30.7 Å². The number of amides is 2. The lowest BCUT2D eigenvalue weighted by molar-refractivity contribution is -0.121. The SMILES string of the molecule is CN(CCc1ccccc1)c1nc(C(=O)NCC2CC2)cc(N(C)C(=O)CO)n1. The number of hydrogen-bond donors (Lipinski definition) is 2. The molecule has 0 spiro atoms. The molecule has 0 bridgehead atoms. The van der Waals surface area contributed by atoms with E-state index in [1.807, 2.05) is 30.1 Å². The number of aromatic nitrogens is 2. The van der Waals surface area contributed by atoms with Gasteiger partial charge in [-0.1, -0.05) is 30.3 Å². The minimum absolute atomic E-state index is 0.204. The van der Waals surface area contributed by atoms with Crippen molar-refractivity contribution in [3.05, 3.63) is 47.7 Å². The summed E-state index contributed by atoms with van der Waals surface area (Å²) in [4.78, 5) is 36.4. The van der Waals surface area contributed by atoms with E-state index in [9.17, 15) is 9.59 Å². The van der Waals surface area contributed by atoms with Gasteiger partial charge in [-0.2, -0.15) is 4.98 Å². The van der Waals surface area contributed by atoms with Crippen molar-refractivity contribution in [2.24, 2.45) is 5.92 Å². The molecule has 3 rings (SSSR count). The van der Waals surface area contributed by atoms with E-state index < -0.39 is 12.5 Å². The highest BCUT2D eigenvalue weighted by Gasteiger charge is 2.23. The maximum Gasteiger partial charge on any atom is 0.270 e. The van der Waals surface area contributed by atoms with Crippen molar-refractivity contribution in [1.29, 1.82) is 0 Å². The Kier molecular flexibility index (Phi) is 6.77. The Morgan fingerprint density at radius 1 is 1.17 bits per heavy atom. The summed E-state index contributed by atoms with van der Waals surface area (Å²) >= 11 is 0. The van der Waals surface area contributed by atoms with Crippen LogP contribution in [0.2, 0.25) is 0 Å². The molecule has 29 heavy (non-hydrogen) atoms. The molecule has 0 saturated heterocycles. The van der Waals surface area contributed by atoms with Crippen LogP contribution in [0.4, 0.5) is 11.8 Å². The molecule has 2 N–H and O–H groups in total. The molecule has 0 unspecified atom stereocenters. The van der Waals surface area contributed by atoms with Crippen molar-refractivity contribution in [3.8, 4) is 0 Å². The number of hydrogen-bond acceptors (Lipinski definition) is 6. The van der Waals surface area contributed by atoms with E-state index in [2.05, 4.69) is 27.4 Å². The second-order valence-electron chi connectivity index (χ2n) is 7.33. The third-order valence-corrected chi connectivity index (χ3v) is 4.95. The molecule has 154 valence electrons. The number of benzene rings is 1. The van der Waals surface area contributed by atoms with E-state index in [1.165, 1.54) is 23.6 Å². The highest BCUT2D eigenvalue weighted by molar-refractivity contribution is 5.96. The van der Waals surface area contributed by atoms with E-state index in [1.54, 1.807) is 0 Å². The van der Waals surface area contributed by atoms with Gasteiger partial charge in [-0.3, -0.25) is 14.5 Å². The first-order valence-corrected chi connectivity index (χ1v) is 9.77. The van der Waals surface area contributed by atoms with Crippen LogP contribution in [0.1, 0.15) is 28.9 Å². The van der Waals surface area contributed by atoms with Crippen molar-refractivity contribution < 1.29 is 14.7 Å². The lowest BCUT2D eigenvalue weighted by Gasteiger charge is -2.21. The first kappa shape index (κ1) is 20.7. The summed E-state index contributed by atoms with van der Waals surface area (Å²) in [6.45, 7) is 0.639. The van der Waals surface area contributed by atoms with Crippen LogP contribution in [0.25, 0.3) is 0 Å². The number of carbonyl (C=O) groups is 2. The second-order valence-corrected chi connectivity index (χ2v) is 7.33. The van der Waals surface area contributed by atoms with Gasteiger partial charge in [-0.25, -0.2) is 4.98 Å². The number of nitrogens with one attached hydrogen (secondary N) is 1. The molecule has 8 nitrogen and oxygen atoms in total. The van der Waals surface area contributed by atoms with Gasteiger partial charge in [-0.15, -0.1) is 0 Å². The van der Waals surface area contributed by atoms with Crippen molar-refractivity contribution in [3.63, 3.8) is 0 Å². The summed E-state index contributed by atoms with van der Waals surface area (Å²) in [6, 6.07) is 11.5. The normalized spacial score (nSPS) is 13.1. The van der Waals surface area contributed by atoms with Gasteiger partial charge in [0.15, 0.2) is 0 Å². The molecule has 1 aliphatic rings. The van der Waals surface area contributed by atoms with E-state index >= 15 is 0 Å². The van der Waals surface area contributed by atoms with Crippen LogP contribution in [0.3, 0.4) is 0 Å². The summed E-state index contributed by atoms with van der Waals surface area (Å²) in [5, 5.41) is 12.1. The van der Waals surface area contributed by atoms with Crippen LogP contribution in [0.5, 0.6) is 0 Å². The molecule has 1 saturated carbocycles. The van der Waals surface area contributed by atoms with Gasteiger partial charge in [0.25, 0.3) is 11.8 Å². The zero-order valence-corrected chi connectivity index (χ0v) is 16.8. The number of carbonyl (C=O) groups excluding carboxylic acids is 2. The van der Waals surface area contributed by atoms with Crippen LogP contribution >= 0.6 is 0 Å². The Balaban J connectivity index is 1.80. The first-order chi connectivity index (χ1) is 14.0. The first-order valence-electron chi connectivity index (χ1n) is 9.77. The maximum absolute atomic E-state index is 12.6.